The van der Waals surface area contributed by atoms with Crippen molar-refractivity contribution in [1.82, 2.24) is 19.4 Å². The number of rotatable bonds is 2. The van der Waals surface area contributed by atoms with Gasteiger partial charge in [0.05, 0.1) is 27.3 Å². The molecule has 0 saturated carbocycles. The molecule has 4 heterocycles. The molecule has 0 aliphatic carbocycles. The minimum atomic E-state index is -0.202. The first kappa shape index (κ1) is 28.6. The third kappa shape index (κ3) is 4.35. The topological polar surface area (TPSA) is 47.0 Å². The van der Waals surface area contributed by atoms with Crippen LogP contribution in [0, 0.1) is 12.3 Å². The Morgan fingerprint density at radius 1 is 0.727 bits per heavy atom. The summed E-state index contributed by atoms with van der Waals surface area (Å²) < 4.78 is 4.82. The Morgan fingerprint density at radius 3 is 2.05 bits per heavy atom. The highest BCUT2D eigenvalue weighted by atomic mass is 15.1. The first-order chi connectivity index (χ1) is 20.5. The summed E-state index contributed by atoms with van der Waals surface area (Å²) in [5.41, 5.74) is 8.47. The van der Waals surface area contributed by atoms with Crippen LogP contribution >= 0.6 is 0 Å². The highest BCUT2D eigenvalue weighted by molar-refractivity contribution is 6.26. The molecule has 5 nitrogen and oxygen atoms in total. The van der Waals surface area contributed by atoms with E-state index in [2.05, 4.69) is 140 Å². The maximum absolute atomic E-state index is 5.10. The van der Waals surface area contributed by atoms with Crippen LogP contribution in [0.1, 0.15) is 85.1 Å². The fourth-order valence-corrected chi connectivity index (χ4v) is 6.86. The number of hydrogen-bond donors (Lipinski definition) is 0. The van der Waals surface area contributed by atoms with Crippen molar-refractivity contribution in [2.45, 2.75) is 86.5 Å². The van der Waals surface area contributed by atoms with Gasteiger partial charge in [0.25, 0.3) is 0 Å². The van der Waals surface area contributed by atoms with Crippen LogP contribution < -0.4 is 4.57 Å². The van der Waals surface area contributed by atoms with Crippen LogP contribution in [0.5, 0.6) is 0 Å². The summed E-state index contributed by atoms with van der Waals surface area (Å²) in [6, 6.07) is 18.3. The van der Waals surface area contributed by atoms with Gasteiger partial charge in [-0.15, -0.1) is 0 Å². The van der Waals surface area contributed by atoms with E-state index in [0.717, 1.165) is 29.5 Å². The SMILES string of the molecule is Cc1ccc2c3c(CC(C)(C)C)cccc3n3c4cc(-c5nc(C(C)(C)C)nc(C(C)(C)C)n5)cc5cc[n+](C)c(c1c23)c54. The highest BCUT2D eigenvalue weighted by Crippen LogP contribution is 2.43. The molecule has 7 aromatic rings. The zero-order valence-corrected chi connectivity index (χ0v) is 28.1. The molecule has 0 unspecified atom stereocenters. The Balaban J connectivity index is 1.69. The molecular formula is C39H44N5+. The van der Waals surface area contributed by atoms with Gasteiger partial charge in [0.2, 0.25) is 5.52 Å². The Labute approximate surface area is 260 Å². The van der Waals surface area contributed by atoms with Gasteiger partial charge >= 0.3 is 0 Å². The van der Waals surface area contributed by atoms with Crippen molar-refractivity contribution < 1.29 is 4.57 Å². The molecule has 4 aromatic heterocycles. The largest absolute Gasteiger partial charge is 0.307 e. The Bertz CT molecular complexity index is 2230. The summed E-state index contributed by atoms with van der Waals surface area (Å²) in [6.45, 7) is 22.3. The molecule has 44 heavy (non-hydrogen) atoms. The molecule has 7 rings (SSSR count). The lowest BCUT2D eigenvalue weighted by Gasteiger charge is -2.23. The first-order valence-electron chi connectivity index (χ1n) is 15.8. The van der Waals surface area contributed by atoms with Crippen molar-refractivity contribution in [2.24, 2.45) is 12.5 Å². The van der Waals surface area contributed by atoms with Crippen molar-refractivity contribution >= 4 is 49.0 Å². The summed E-state index contributed by atoms with van der Waals surface area (Å²) in [6.07, 6.45) is 3.21. The van der Waals surface area contributed by atoms with Gasteiger partial charge in [0, 0.05) is 33.2 Å². The molecule has 0 aliphatic heterocycles. The quantitative estimate of drug-likeness (QED) is 0.116. The molecule has 0 atom stereocenters. The molecule has 0 radical (unpaired) electrons. The van der Waals surface area contributed by atoms with E-state index in [9.17, 15) is 0 Å². The summed E-state index contributed by atoms with van der Waals surface area (Å²) in [4.78, 5) is 15.2. The van der Waals surface area contributed by atoms with Crippen LogP contribution in [-0.2, 0) is 24.3 Å². The number of aryl methyl sites for hydroxylation is 2. The predicted molar refractivity (Wildman–Crippen MR) is 184 cm³/mol. The van der Waals surface area contributed by atoms with E-state index in [1.165, 1.54) is 60.1 Å². The van der Waals surface area contributed by atoms with Gasteiger partial charge in [-0.05, 0) is 53.5 Å². The second-order valence-electron chi connectivity index (χ2n) is 16.1. The van der Waals surface area contributed by atoms with E-state index < -0.39 is 0 Å². The van der Waals surface area contributed by atoms with Crippen LogP contribution in [0.3, 0.4) is 0 Å². The fourth-order valence-electron chi connectivity index (χ4n) is 6.86. The number of hydrogen-bond acceptors (Lipinski definition) is 3. The van der Waals surface area contributed by atoms with E-state index in [4.69, 9.17) is 15.0 Å². The number of pyridine rings is 2. The summed E-state index contributed by atoms with van der Waals surface area (Å²) in [5.74, 6) is 2.38. The van der Waals surface area contributed by atoms with Gasteiger partial charge in [0.15, 0.2) is 12.0 Å². The summed E-state index contributed by atoms with van der Waals surface area (Å²) in [7, 11) is 2.17. The van der Waals surface area contributed by atoms with E-state index in [-0.39, 0.29) is 16.2 Å². The third-order valence-electron chi connectivity index (χ3n) is 8.90. The number of nitrogens with zero attached hydrogens (tertiary/aromatic N) is 5. The van der Waals surface area contributed by atoms with Gasteiger partial charge in [-0.1, -0.05) is 86.6 Å². The minimum Gasteiger partial charge on any atom is -0.307 e. The van der Waals surface area contributed by atoms with E-state index in [1.54, 1.807) is 0 Å². The summed E-state index contributed by atoms with van der Waals surface area (Å²) >= 11 is 0. The van der Waals surface area contributed by atoms with E-state index in [1.807, 2.05) is 0 Å². The molecule has 0 N–H and O–H groups in total. The normalized spacial score (nSPS) is 13.4. The van der Waals surface area contributed by atoms with Crippen LogP contribution in [-0.4, -0.2) is 19.4 Å². The number of benzene rings is 3. The standard InChI is InChI=1S/C39H44N5/c1-22-15-16-26-30-24(21-37(2,3)4)13-12-14-27(30)44-28-20-25(19-23-17-18-43(11)33(31(23)28)29(22)32(26)44)34-40-35(38(5,6)7)42-36(41-34)39(8,9)10/h12-20H,21H2,1-11H3/q+1. The Morgan fingerprint density at radius 2 is 1.41 bits per heavy atom. The van der Waals surface area contributed by atoms with Crippen LogP contribution in [0.2, 0.25) is 0 Å². The van der Waals surface area contributed by atoms with Gasteiger partial charge < -0.3 is 4.40 Å². The van der Waals surface area contributed by atoms with Crippen molar-refractivity contribution in [3.63, 3.8) is 0 Å². The molecular weight excluding hydrogens is 538 g/mol. The van der Waals surface area contributed by atoms with Crippen LogP contribution in [0.4, 0.5) is 0 Å². The monoisotopic (exact) mass is 582 g/mol. The van der Waals surface area contributed by atoms with Crippen molar-refractivity contribution in [3.8, 4) is 11.4 Å². The predicted octanol–water partition coefficient (Wildman–Crippen LogP) is 9.16. The number of aromatic nitrogens is 5. The molecule has 0 aliphatic rings. The second kappa shape index (κ2) is 9.20. The van der Waals surface area contributed by atoms with Gasteiger partial charge in [-0.2, -0.15) is 0 Å². The average Bonchev–Trinajstić information content (AvgIpc) is 3.27. The van der Waals surface area contributed by atoms with Gasteiger partial charge in [0.1, 0.15) is 18.7 Å². The molecule has 0 spiro atoms. The van der Waals surface area contributed by atoms with Crippen LogP contribution in [0.25, 0.3) is 60.4 Å². The molecule has 0 bridgehead atoms. The lowest BCUT2D eigenvalue weighted by atomic mass is 9.86. The zero-order valence-electron chi connectivity index (χ0n) is 28.1. The zero-order chi connectivity index (χ0) is 31.5. The second-order valence-corrected chi connectivity index (χ2v) is 16.1. The van der Waals surface area contributed by atoms with E-state index >= 15 is 0 Å². The molecule has 0 saturated heterocycles. The fraction of sp³-hybridized carbons (Fsp3) is 0.385. The third-order valence-corrected chi connectivity index (χ3v) is 8.90. The summed E-state index contributed by atoms with van der Waals surface area (Å²) in [5, 5.41) is 6.45. The maximum atomic E-state index is 5.10. The van der Waals surface area contributed by atoms with Gasteiger partial charge in [-0.25, -0.2) is 19.5 Å². The average molecular weight is 583 g/mol. The Hall–Kier alpha value is -4.12. The molecule has 224 valence electrons. The lowest BCUT2D eigenvalue weighted by Crippen LogP contribution is -2.29. The van der Waals surface area contributed by atoms with Crippen molar-refractivity contribution in [3.05, 3.63) is 77.5 Å². The lowest BCUT2D eigenvalue weighted by molar-refractivity contribution is -0.643. The Kier molecular flexibility index (Phi) is 5.99. The van der Waals surface area contributed by atoms with Crippen molar-refractivity contribution in [2.75, 3.05) is 0 Å². The van der Waals surface area contributed by atoms with Gasteiger partial charge in [-0.3, -0.25) is 0 Å². The highest BCUT2D eigenvalue weighted by Gasteiger charge is 2.28. The first-order valence-corrected chi connectivity index (χ1v) is 15.8. The number of fused-ring (bicyclic) bond motifs is 5. The maximum Gasteiger partial charge on any atom is 0.224 e. The molecule has 0 fully saturated rings. The van der Waals surface area contributed by atoms with Crippen molar-refractivity contribution in [1.29, 1.82) is 0 Å². The molecule has 3 aromatic carbocycles. The smallest absolute Gasteiger partial charge is 0.224 e. The van der Waals surface area contributed by atoms with Crippen LogP contribution in [0.15, 0.2) is 54.7 Å². The minimum absolute atomic E-state index is 0.174. The molecule has 0 amide bonds. The molecule has 5 heteroatoms. The van der Waals surface area contributed by atoms with E-state index in [0.29, 0.717) is 0 Å².